The lowest BCUT2D eigenvalue weighted by Gasteiger charge is -2.15. The molecule has 0 aromatic heterocycles. The zero-order valence-electron chi connectivity index (χ0n) is 13.3. The van der Waals surface area contributed by atoms with Gasteiger partial charge in [0.25, 0.3) is 5.91 Å². The minimum absolute atomic E-state index is 0.169. The molecule has 1 fully saturated rings. The predicted octanol–water partition coefficient (Wildman–Crippen LogP) is 1.45. The van der Waals surface area contributed by atoms with Crippen LogP contribution in [0.4, 0.5) is 5.69 Å². The summed E-state index contributed by atoms with van der Waals surface area (Å²) in [7, 11) is 3.30. The van der Waals surface area contributed by atoms with E-state index in [9.17, 15) is 14.4 Å². The third kappa shape index (κ3) is 3.80. The molecule has 1 saturated carbocycles. The van der Waals surface area contributed by atoms with Gasteiger partial charge in [-0.25, -0.2) is 0 Å². The Hall–Kier alpha value is -2.57. The predicted molar refractivity (Wildman–Crippen MR) is 83.5 cm³/mol. The standard InChI is InChI=1S/C16H20N2O5/c1-4-23-13-7-9(15(20)18(2)3)5-6-12(13)17-14(19)10-8-11(10)16(21)22/h5-7,10-11H,4,8H2,1-3H3,(H,17,19)(H,21,22). The molecule has 124 valence electrons. The molecule has 2 amide bonds. The molecule has 1 aliphatic rings. The quantitative estimate of drug-likeness (QED) is 0.827. The Labute approximate surface area is 134 Å². The molecular weight excluding hydrogens is 300 g/mol. The molecule has 1 aromatic carbocycles. The fourth-order valence-electron chi connectivity index (χ4n) is 2.27. The number of aliphatic carboxylic acids is 1. The van der Waals surface area contributed by atoms with E-state index in [0.29, 0.717) is 30.0 Å². The van der Waals surface area contributed by atoms with E-state index in [0.717, 1.165) is 0 Å². The summed E-state index contributed by atoms with van der Waals surface area (Å²) in [5.41, 5.74) is 0.884. The second kappa shape index (κ2) is 6.68. The summed E-state index contributed by atoms with van der Waals surface area (Å²) < 4.78 is 5.48. The molecule has 2 atom stereocenters. The van der Waals surface area contributed by atoms with Crippen molar-refractivity contribution in [3.63, 3.8) is 0 Å². The maximum absolute atomic E-state index is 12.1. The number of rotatable bonds is 6. The van der Waals surface area contributed by atoms with Crippen molar-refractivity contribution >= 4 is 23.5 Å². The number of nitrogens with one attached hydrogen (secondary N) is 1. The highest BCUT2D eigenvalue weighted by Gasteiger charge is 2.48. The summed E-state index contributed by atoms with van der Waals surface area (Å²) in [5, 5.41) is 11.6. The fraction of sp³-hybridized carbons (Fsp3) is 0.438. The number of carbonyl (C=O) groups is 3. The fourth-order valence-corrected chi connectivity index (χ4v) is 2.27. The highest BCUT2D eigenvalue weighted by Crippen LogP contribution is 2.40. The molecule has 0 spiro atoms. The van der Waals surface area contributed by atoms with E-state index >= 15 is 0 Å². The number of benzene rings is 1. The first-order valence-corrected chi connectivity index (χ1v) is 7.37. The molecule has 0 radical (unpaired) electrons. The molecule has 7 nitrogen and oxygen atoms in total. The molecule has 0 heterocycles. The van der Waals surface area contributed by atoms with Crippen LogP contribution in [0.2, 0.25) is 0 Å². The molecule has 0 bridgehead atoms. The van der Waals surface area contributed by atoms with E-state index in [4.69, 9.17) is 9.84 Å². The van der Waals surface area contributed by atoms with Crippen molar-refractivity contribution in [1.29, 1.82) is 0 Å². The number of ether oxygens (including phenoxy) is 1. The third-order valence-electron chi connectivity index (χ3n) is 3.64. The molecule has 0 aliphatic heterocycles. The normalized spacial score (nSPS) is 18.9. The summed E-state index contributed by atoms with van der Waals surface area (Å²) in [6, 6.07) is 4.77. The van der Waals surface area contributed by atoms with Crippen molar-refractivity contribution in [2.24, 2.45) is 11.8 Å². The summed E-state index contributed by atoms with van der Waals surface area (Å²) in [5.74, 6) is -2.20. The number of carboxylic acids is 1. The average Bonchev–Trinajstić information content (AvgIpc) is 3.29. The largest absolute Gasteiger partial charge is 0.492 e. The van der Waals surface area contributed by atoms with Crippen LogP contribution in [0.25, 0.3) is 0 Å². The van der Waals surface area contributed by atoms with Crippen LogP contribution in [-0.4, -0.2) is 48.5 Å². The second-order valence-electron chi connectivity index (χ2n) is 5.62. The molecule has 0 saturated heterocycles. The Morgan fingerprint density at radius 1 is 1.30 bits per heavy atom. The van der Waals surface area contributed by atoms with Crippen molar-refractivity contribution in [1.82, 2.24) is 4.90 Å². The van der Waals surface area contributed by atoms with Gasteiger partial charge in [0.05, 0.1) is 24.1 Å². The van der Waals surface area contributed by atoms with Crippen LogP contribution in [0.1, 0.15) is 23.7 Å². The topological polar surface area (TPSA) is 95.9 Å². The lowest BCUT2D eigenvalue weighted by Crippen LogP contribution is -2.22. The minimum Gasteiger partial charge on any atom is -0.492 e. The maximum atomic E-state index is 12.1. The number of hydrogen-bond donors (Lipinski definition) is 2. The van der Waals surface area contributed by atoms with Crippen LogP contribution < -0.4 is 10.1 Å². The zero-order chi connectivity index (χ0) is 17.1. The molecule has 1 aromatic rings. The molecular formula is C16H20N2O5. The first-order valence-electron chi connectivity index (χ1n) is 7.37. The van der Waals surface area contributed by atoms with Crippen LogP contribution in [-0.2, 0) is 9.59 Å². The highest BCUT2D eigenvalue weighted by molar-refractivity contribution is 6.00. The van der Waals surface area contributed by atoms with Gasteiger partial charge in [-0.05, 0) is 31.5 Å². The molecule has 7 heteroatoms. The van der Waals surface area contributed by atoms with Gasteiger partial charge in [-0.1, -0.05) is 0 Å². The Kier molecular flexibility index (Phi) is 4.88. The van der Waals surface area contributed by atoms with Gasteiger partial charge in [0.15, 0.2) is 0 Å². The van der Waals surface area contributed by atoms with Gasteiger partial charge in [0.2, 0.25) is 5.91 Å². The number of nitrogens with zero attached hydrogens (tertiary/aromatic N) is 1. The lowest BCUT2D eigenvalue weighted by molar-refractivity contribution is -0.139. The first kappa shape index (κ1) is 16.8. The van der Waals surface area contributed by atoms with E-state index in [1.165, 1.54) is 4.90 Å². The van der Waals surface area contributed by atoms with Gasteiger partial charge < -0.3 is 20.1 Å². The average molecular weight is 320 g/mol. The van der Waals surface area contributed by atoms with Gasteiger partial charge in [-0.15, -0.1) is 0 Å². The minimum atomic E-state index is -0.956. The maximum Gasteiger partial charge on any atom is 0.307 e. The first-order chi connectivity index (χ1) is 10.8. The summed E-state index contributed by atoms with van der Waals surface area (Å²) >= 11 is 0. The number of hydrogen-bond acceptors (Lipinski definition) is 4. The Balaban J connectivity index is 2.16. The van der Waals surface area contributed by atoms with Crippen molar-refractivity contribution < 1.29 is 24.2 Å². The SMILES string of the molecule is CCOc1cc(C(=O)N(C)C)ccc1NC(=O)C1CC1C(=O)O. The summed E-state index contributed by atoms with van der Waals surface area (Å²) in [6.45, 7) is 2.18. The van der Waals surface area contributed by atoms with Crippen molar-refractivity contribution in [3.8, 4) is 5.75 Å². The summed E-state index contributed by atoms with van der Waals surface area (Å²) in [6.07, 6.45) is 0.350. The zero-order valence-corrected chi connectivity index (χ0v) is 13.3. The van der Waals surface area contributed by atoms with Gasteiger partial charge in [-0.3, -0.25) is 14.4 Å². The van der Waals surface area contributed by atoms with Gasteiger partial charge >= 0.3 is 5.97 Å². The van der Waals surface area contributed by atoms with E-state index in [1.807, 2.05) is 0 Å². The van der Waals surface area contributed by atoms with Gasteiger partial charge in [-0.2, -0.15) is 0 Å². The highest BCUT2D eigenvalue weighted by atomic mass is 16.5. The van der Waals surface area contributed by atoms with Crippen LogP contribution in [0.15, 0.2) is 18.2 Å². The molecule has 2 rings (SSSR count). The number of amides is 2. The van der Waals surface area contributed by atoms with E-state index in [-0.39, 0.29) is 11.8 Å². The molecule has 23 heavy (non-hydrogen) atoms. The number of anilines is 1. The van der Waals surface area contributed by atoms with Crippen molar-refractivity contribution in [2.45, 2.75) is 13.3 Å². The van der Waals surface area contributed by atoms with Crippen LogP contribution in [0, 0.1) is 11.8 Å². The number of carboxylic acid groups (broad SMARTS) is 1. The Morgan fingerprint density at radius 3 is 2.52 bits per heavy atom. The third-order valence-corrected chi connectivity index (χ3v) is 3.64. The van der Waals surface area contributed by atoms with Crippen molar-refractivity contribution in [2.75, 3.05) is 26.0 Å². The summed E-state index contributed by atoms with van der Waals surface area (Å²) in [4.78, 5) is 36.3. The molecule has 2 unspecified atom stereocenters. The van der Waals surface area contributed by atoms with Gasteiger partial charge in [0.1, 0.15) is 5.75 Å². The van der Waals surface area contributed by atoms with E-state index in [1.54, 1.807) is 39.2 Å². The Bertz CT molecular complexity index is 641. The lowest BCUT2D eigenvalue weighted by atomic mass is 10.1. The molecule has 2 N–H and O–H groups in total. The number of carbonyl (C=O) groups excluding carboxylic acids is 2. The van der Waals surface area contributed by atoms with Gasteiger partial charge in [0, 0.05) is 19.7 Å². The second-order valence-corrected chi connectivity index (χ2v) is 5.62. The molecule has 1 aliphatic carbocycles. The van der Waals surface area contributed by atoms with Crippen LogP contribution >= 0.6 is 0 Å². The van der Waals surface area contributed by atoms with E-state index < -0.39 is 17.8 Å². The Morgan fingerprint density at radius 2 is 2.00 bits per heavy atom. The monoisotopic (exact) mass is 320 g/mol. The van der Waals surface area contributed by atoms with Crippen LogP contribution in [0.3, 0.4) is 0 Å². The van der Waals surface area contributed by atoms with Crippen LogP contribution in [0.5, 0.6) is 5.75 Å². The van der Waals surface area contributed by atoms with Crippen molar-refractivity contribution in [3.05, 3.63) is 23.8 Å². The van der Waals surface area contributed by atoms with E-state index in [2.05, 4.69) is 5.32 Å². The smallest absolute Gasteiger partial charge is 0.307 e.